The van der Waals surface area contributed by atoms with Crippen molar-refractivity contribution in [2.45, 2.75) is 10.8 Å². The summed E-state index contributed by atoms with van der Waals surface area (Å²) in [4.78, 5) is 43.9. The number of thioether (sulfide) groups is 2. The number of Topliss-reactive ketones (excluding diaryl/α,β-unsaturated/α-hetero) is 1. The zero-order chi connectivity index (χ0) is 23.4. The molecule has 1 aliphatic rings. The van der Waals surface area contributed by atoms with E-state index in [2.05, 4.69) is 33.0 Å². The molecule has 2 aromatic carbocycles. The zero-order valence-corrected chi connectivity index (χ0v) is 21.8. The highest BCUT2D eigenvalue weighted by Gasteiger charge is 2.36. The van der Waals surface area contributed by atoms with Gasteiger partial charge in [0.2, 0.25) is 0 Å². The molecule has 3 aromatic rings. The molecule has 33 heavy (non-hydrogen) atoms. The van der Waals surface area contributed by atoms with Crippen molar-refractivity contribution in [3.8, 4) is 0 Å². The second-order valence-corrected chi connectivity index (χ2v) is 11.6. The number of halogens is 2. The second kappa shape index (κ2) is 11.0. The lowest BCUT2D eigenvalue weighted by Gasteiger charge is -2.11. The summed E-state index contributed by atoms with van der Waals surface area (Å²) < 4.78 is 1.64. The van der Waals surface area contributed by atoms with E-state index in [1.165, 1.54) is 16.9 Å². The predicted molar refractivity (Wildman–Crippen MR) is 139 cm³/mol. The first-order valence-corrected chi connectivity index (χ1v) is 13.6. The monoisotopic (exact) mass is 578 g/mol. The van der Waals surface area contributed by atoms with E-state index < -0.39 is 11.1 Å². The summed E-state index contributed by atoms with van der Waals surface area (Å²) in [5, 5.41) is -0.185. The lowest BCUT2D eigenvalue weighted by Crippen LogP contribution is -2.33. The second-order valence-electron chi connectivity index (χ2n) is 6.92. The minimum absolute atomic E-state index is 0.231. The van der Waals surface area contributed by atoms with Crippen LogP contribution in [0.25, 0.3) is 6.08 Å². The van der Waals surface area contributed by atoms with Crippen molar-refractivity contribution >= 4 is 85.4 Å². The highest BCUT2D eigenvalue weighted by atomic mass is 79.9. The summed E-state index contributed by atoms with van der Waals surface area (Å²) in [6.45, 7) is -0.305. The Morgan fingerprint density at radius 2 is 1.85 bits per heavy atom. The third-order valence-corrected chi connectivity index (χ3v) is 8.64. The molecule has 10 heteroatoms. The lowest BCUT2D eigenvalue weighted by atomic mass is 10.1. The highest BCUT2D eigenvalue weighted by Crippen LogP contribution is 2.37. The highest BCUT2D eigenvalue weighted by molar-refractivity contribution is 9.10. The molecular formula is C23H16BrClN2O3S3. The summed E-state index contributed by atoms with van der Waals surface area (Å²) in [5.74, 6) is 0.0410. The van der Waals surface area contributed by atoms with Crippen molar-refractivity contribution in [1.82, 2.24) is 9.88 Å². The number of aromatic nitrogens is 1. The van der Waals surface area contributed by atoms with Crippen LogP contribution in [0.2, 0.25) is 5.15 Å². The van der Waals surface area contributed by atoms with Crippen molar-refractivity contribution in [2.24, 2.45) is 0 Å². The van der Waals surface area contributed by atoms with E-state index in [0.29, 0.717) is 15.6 Å². The standard InChI is InChI=1S/C23H16BrClN2O3S3/c24-16-8-6-15(7-9-16)17(28)13-27-21(29)19(33-23(27)30)12-18-20(25)26-22(32-18)31-11-10-14-4-2-1-3-5-14/h1-9,12H,10-11,13H2/b19-12-. The Kier molecular flexibility index (Phi) is 8.08. The number of nitrogens with zero attached hydrogens (tertiary/aromatic N) is 2. The average Bonchev–Trinajstić information content (AvgIpc) is 3.28. The van der Waals surface area contributed by atoms with E-state index >= 15 is 0 Å². The van der Waals surface area contributed by atoms with Crippen molar-refractivity contribution in [2.75, 3.05) is 12.3 Å². The quantitative estimate of drug-likeness (QED) is 0.166. The predicted octanol–water partition coefficient (Wildman–Crippen LogP) is 6.81. The molecule has 0 spiro atoms. The Bertz CT molecular complexity index is 1230. The molecule has 1 aromatic heterocycles. The van der Waals surface area contributed by atoms with Gasteiger partial charge in [0, 0.05) is 15.8 Å². The average molecular weight is 580 g/mol. The molecule has 2 amide bonds. The number of benzene rings is 2. The number of ketones is 1. The minimum Gasteiger partial charge on any atom is -0.292 e. The zero-order valence-electron chi connectivity index (χ0n) is 17.0. The Morgan fingerprint density at radius 1 is 1.12 bits per heavy atom. The van der Waals surface area contributed by atoms with Gasteiger partial charge in [-0.15, -0.1) is 11.3 Å². The van der Waals surface area contributed by atoms with E-state index in [4.69, 9.17) is 11.6 Å². The number of aryl methyl sites for hydroxylation is 1. The van der Waals surface area contributed by atoms with E-state index in [9.17, 15) is 14.4 Å². The molecule has 168 valence electrons. The smallest absolute Gasteiger partial charge is 0.292 e. The number of carbonyl (C=O) groups excluding carboxylic acids is 3. The van der Waals surface area contributed by atoms with Gasteiger partial charge < -0.3 is 0 Å². The molecule has 0 atom stereocenters. The Labute approximate surface area is 216 Å². The molecule has 1 aliphatic heterocycles. The normalized spacial score (nSPS) is 15.0. The molecule has 0 radical (unpaired) electrons. The van der Waals surface area contributed by atoms with Crippen LogP contribution in [0.4, 0.5) is 4.79 Å². The van der Waals surface area contributed by atoms with Crippen LogP contribution in [0.3, 0.4) is 0 Å². The SMILES string of the molecule is O=C(CN1C(=O)S/C(=C\c2sc(SCCc3ccccc3)nc2Cl)C1=O)c1ccc(Br)cc1. The number of amides is 2. The topological polar surface area (TPSA) is 67.3 Å². The molecule has 0 saturated carbocycles. The molecule has 2 heterocycles. The number of carbonyl (C=O) groups is 3. The van der Waals surface area contributed by atoms with Crippen LogP contribution in [-0.2, 0) is 11.2 Å². The molecular weight excluding hydrogens is 564 g/mol. The van der Waals surface area contributed by atoms with E-state index in [1.807, 2.05) is 18.2 Å². The molecule has 4 rings (SSSR count). The summed E-state index contributed by atoms with van der Waals surface area (Å²) in [5.41, 5.74) is 1.68. The summed E-state index contributed by atoms with van der Waals surface area (Å²) in [6.07, 6.45) is 2.49. The van der Waals surface area contributed by atoms with Gasteiger partial charge in [0.1, 0.15) is 5.15 Å². The largest absolute Gasteiger partial charge is 0.293 e. The van der Waals surface area contributed by atoms with Crippen LogP contribution in [0.15, 0.2) is 68.3 Å². The van der Waals surface area contributed by atoms with Crippen LogP contribution in [0.5, 0.6) is 0 Å². The molecule has 5 nitrogen and oxygen atoms in total. The molecule has 1 fully saturated rings. The fourth-order valence-corrected chi connectivity index (χ4v) is 6.54. The number of rotatable bonds is 8. The van der Waals surface area contributed by atoms with Crippen LogP contribution in [-0.4, -0.2) is 39.1 Å². The Hall–Kier alpha value is -1.91. The lowest BCUT2D eigenvalue weighted by molar-refractivity contribution is -0.122. The number of hydrogen-bond donors (Lipinski definition) is 0. The molecule has 0 unspecified atom stereocenters. The molecule has 1 saturated heterocycles. The number of thiazole rings is 1. The maximum atomic E-state index is 12.8. The van der Waals surface area contributed by atoms with Crippen LogP contribution in [0, 0.1) is 0 Å². The van der Waals surface area contributed by atoms with Gasteiger partial charge in [0.15, 0.2) is 10.1 Å². The van der Waals surface area contributed by atoms with Gasteiger partial charge in [0.05, 0.1) is 16.3 Å². The molecule has 0 N–H and O–H groups in total. The van der Waals surface area contributed by atoms with Gasteiger partial charge in [-0.05, 0) is 42.0 Å². The van der Waals surface area contributed by atoms with Gasteiger partial charge in [-0.1, -0.05) is 81.8 Å². The summed E-state index contributed by atoms with van der Waals surface area (Å²) in [6, 6.07) is 16.9. The third-order valence-electron chi connectivity index (χ3n) is 4.65. The van der Waals surface area contributed by atoms with Crippen molar-refractivity contribution in [3.05, 3.63) is 85.1 Å². The summed E-state index contributed by atoms with van der Waals surface area (Å²) in [7, 11) is 0. The van der Waals surface area contributed by atoms with Gasteiger partial charge in [0.25, 0.3) is 11.1 Å². The Balaban J connectivity index is 1.40. The van der Waals surface area contributed by atoms with Crippen molar-refractivity contribution in [1.29, 1.82) is 0 Å². The van der Waals surface area contributed by atoms with Gasteiger partial charge in [-0.2, -0.15) is 0 Å². The van der Waals surface area contributed by atoms with Gasteiger partial charge >= 0.3 is 0 Å². The summed E-state index contributed by atoms with van der Waals surface area (Å²) >= 11 is 13.4. The number of hydrogen-bond acceptors (Lipinski definition) is 7. The maximum absolute atomic E-state index is 12.8. The minimum atomic E-state index is -0.502. The van der Waals surface area contributed by atoms with Crippen LogP contribution >= 0.6 is 62.4 Å². The fourth-order valence-electron chi connectivity index (χ4n) is 2.97. The van der Waals surface area contributed by atoms with Gasteiger partial charge in [-0.25, -0.2) is 4.98 Å². The van der Waals surface area contributed by atoms with E-state index in [1.54, 1.807) is 42.1 Å². The third kappa shape index (κ3) is 6.16. The first kappa shape index (κ1) is 24.2. The number of imide groups is 1. The van der Waals surface area contributed by atoms with E-state index in [-0.39, 0.29) is 17.2 Å². The maximum Gasteiger partial charge on any atom is 0.293 e. The fraction of sp³-hybridized carbons (Fsp3) is 0.130. The van der Waals surface area contributed by atoms with E-state index in [0.717, 1.165) is 37.6 Å². The van der Waals surface area contributed by atoms with Crippen LogP contribution < -0.4 is 0 Å². The molecule has 0 bridgehead atoms. The van der Waals surface area contributed by atoms with Crippen molar-refractivity contribution < 1.29 is 14.4 Å². The van der Waals surface area contributed by atoms with Crippen molar-refractivity contribution in [3.63, 3.8) is 0 Å². The molecule has 0 aliphatic carbocycles. The van der Waals surface area contributed by atoms with Gasteiger partial charge in [-0.3, -0.25) is 19.3 Å². The first-order valence-electron chi connectivity index (χ1n) is 9.78. The van der Waals surface area contributed by atoms with Crippen LogP contribution in [0.1, 0.15) is 20.8 Å². The first-order chi connectivity index (χ1) is 15.9. The Morgan fingerprint density at radius 3 is 2.58 bits per heavy atom.